The largest absolute Gasteiger partial charge is 0.497 e. The molecule has 2 heterocycles. The molecular weight excluding hydrogens is 340 g/mol. The predicted molar refractivity (Wildman–Crippen MR) is 91.2 cm³/mol. The lowest BCUT2D eigenvalue weighted by Crippen LogP contribution is -2.80. The summed E-state index contributed by atoms with van der Waals surface area (Å²) in [4.78, 5) is 38.0. The first kappa shape index (κ1) is 18.3. The number of nitrogens with one attached hydrogen (secondary N) is 3. The lowest BCUT2D eigenvalue weighted by Gasteiger charge is -2.53. The fraction of sp³-hybridized carbons (Fsp3) is 0.471. The van der Waals surface area contributed by atoms with E-state index < -0.39 is 23.4 Å². The summed E-state index contributed by atoms with van der Waals surface area (Å²) in [5.41, 5.74) is -1.21. The van der Waals surface area contributed by atoms with Gasteiger partial charge in [0.05, 0.1) is 26.8 Å². The highest BCUT2D eigenvalue weighted by molar-refractivity contribution is 6.21. The van der Waals surface area contributed by atoms with Gasteiger partial charge in [0.2, 0.25) is 0 Å². The van der Waals surface area contributed by atoms with Gasteiger partial charge in [0, 0.05) is 18.7 Å². The molecule has 2 aliphatic rings. The van der Waals surface area contributed by atoms with Crippen molar-refractivity contribution >= 4 is 17.8 Å². The number of piperazine rings is 1. The van der Waals surface area contributed by atoms with Crippen LogP contribution in [0.1, 0.15) is 5.56 Å². The van der Waals surface area contributed by atoms with Crippen molar-refractivity contribution in [1.82, 2.24) is 16.0 Å². The van der Waals surface area contributed by atoms with Crippen LogP contribution in [0.15, 0.2) is 24.3 Å². The summed E-state index contributed by atoms with van der Waals surface area (Å²) < 4.78 is 5.20. The SMILES string of the molecule is COc1ccc(C2([N+]3(CCO)CCNCC3)C(=O)NC(=O)NC2=O)cc1. The van der Waals surface area contributed by atoms with E-state index in [0.717, 1.165) is 0 Å². The van der Waals surface area contributed by atoms with Crippen LogP contribution < -0.4 is 20.7 Å². The summed E-state index contributed by atoms with van der Waals surface area (Å²) in [6.45, 7) is 2.12. The highest BCUT2D eigenvalue weighted by atomic mass is 16.5. The normalized spacial score (nSPS) is 21.7. The van der Waals surface area contributed by atoms with Gasteiger partial charge in [0.25, 0.3) is 5.54 Å². The van der Waals surface area contributed by atoms with Crippen LogP contribution in [-0.4, -0.2) is 73.9 Å². The molecule has 140 valence electrons. The van der Waals surface area contributed by atoms with Gasteiger partial charge in [0.15, 0.2) is 0 Å². The summed E-state index contributed by atoms with van der Waals surface area (Å²) in [7, 11) is 1.53. The average molecular weight is 363 g/mol. The summed E-state index contributed by atoms with van der Waals surface area (Å²) in [5, 5.41) is 17.4. The Morgan fingerprint density at radius 3 is 2.15 bits per heavy atom. The van der Waals surface area contributed by atoms with Gasteiger partial charge in [-0.1, -0.05) is 0 Å². The molecule has 2 aliphatic heterocycles. The number of hydrogen-bond acceptors (Lipinski definition) is 6. The van der Waals surface area contributed by atoms with Crippen molar-refractivity contribution in [3.63, 3.8) is 0 Å². The maximum atomic E-state index is 13.1. The molecule has 0 radical (unpaired) electrons. The summed E-state index contributed by atoms with van der Waals surface area (Å²) in [5.74, 6) is -0.760. The van der Waals surface area contributed by atoms with Crippen molar-refractivity contribution < 1.29 is 28.7 Å². The lowest BCUT2D eigenvalue weighted by atomic mass is 9.81. The average Bonchev–Trinajstić information content (AvgIpc) is 2.63. The van der Waals surface area contributed by atoms with E-state index in [-0.39, 0.29) is 17.6 Å². The third kappa shape index (κ3) is 2.64. The van der Waals surface area contributed by atoms with Crippen molar-refractivity contribution in [2.75, 3.05) is 46.4 Å². The molecule has 4 amide bonds. The monoisotopic (exact) mass is 363 g/mol. The Balaban J connectivity index is 2.22. The number of rotatable bonds is 5. The highest BCUT2D eigenvalue weighted by Crippen LogP contribution is 2.39. The van der Waals surface area contributed by atoms with E-state index in [1.54, 1.807) is 24.3 Å². The minimum Gasteiger partial charge on any atom is -0.497 e. The van der Waals surface area contributed by atoms with Crippen molar-refractivity contribution in [3.05, 3.63) is 29.8 Å². The Hall–Kier alpha value is -2.49. The van der Waals surface area contributed by atoms with Crippen LogP contribution in [0.25, 0.3) is 0 Å². The van der Waals surface area contributed by atoms with Crippen LogP contribution >= 0.6 is 0 Å². The van der Waals surface area contributed by atoms with E-state index in [4.69, 9.17) is 4.74 Å². The smallest absolute Gasteiger partial charge is 0.328 e. The number of benzene rings is 1. The van der Waals surface area contributed by atoms with Crippen LogP contribution in [-0.2, 0) is 15.1 Å². The van der Waals surface area contributed by atoms with Crippen LogP contribution in [0, 0.1) is 0 Å². The first-order valence-electron chi connectivity index (χ1n) is 8.49. The fourth-order valence-electron chi connectivity index (χ4n) is 4.06. The van der Waals surface area contributed by atoms with Gasteiger partial charge >= 0.3 is 17.8 Å². The van der Waals surface area contributed by atoms with E-state index in [2.05, 4.69) is 16.0 Å². The highest BCUT2D eigenvalue weighted by Gasteiger charge is 2.66. The molecule has 1 aromatic carbocycles. The third-order valence-electron chi connectivity index (χ3n) is 5.29. The molecule has 0 atom stereocenters. The fourth-order valence-corrected chi connectivity index (χ4v) is 4.06. The van der Waals surface area contributed by atoms with E-state index in [1.165, 1.54) is 7.11 Å². The van der Waals surface area contributed by atoms with Gasteiger partial charge < -0.3 is 15.2 Å². The first-order valence-corrected chi connectivity index (χ1v) is 8.49. The number of aliphatic hydroxyl groups excluding tert-OH is 1. The Morgan fingerprint density at radius 2 is 1.65 bits per heavy atom. The number of methoxy groups -OCH3 is 1. The van der Waals surface area contributed by atoms with Crippen LogP contribution in [0.2, 0.25) is 0 Å². The number of barbiturate groups is 1. The second-order valence-corrected chi connectivity index (χ2v) is 6.47. The van der Waals surface area contributed by atoms with Gasteiger partial charge in [-0.3, -0.25) is 24.7 Å². The number of quaternary nitrogens is 1. The molecule has 0 unspecified atom stereocenters. The van der Waals surface area contributed by atoms with Crippen LogP contribution in [0.3, 0.4) is 0 Å². The number of carbonyl (C=O) groups excluding carboxylic acids is 3. The summed E-state index contributed by atoms with van der Waals surface area (Å²) in [6, 6.07) is 5.83. The molecule has 1 aromatic rings. The zero-order valence-electron chi connectivity index (χ0n) is 14.6. The Kier molecular flexibility index (Phi) is 4.94. The van der Waals surface area contributed by atoms with Gasteiger partial charge in [-0.05, 0) is 24.3 Å². The molecule has 0 saturated carbocycles. The van der Waals surface area contributed by atoms with E-state index in [0.29, 0.717) is 37.5 Å². The number of amides is 4. The molecule has 2 saturated heterocycles. The summed E-state index contributed by atoms with van der Waals surface area (Å²) in [6.07, 6.45) is 0. The maximum absolute atomic E-state index is 13.1. The first-order chi connectivity index (χ1) is 12.5. The lowest BCUT2D eigenvalue weighted by molar-refractivity contribution is -0.965. The van der Waals surface area contributed by atoms with Crippen LogP contribution in [0.5, 0.6) is 5.75 Å². The quantitative estimate of drug-likeness (QED) is 0.380. The van der Waals surface area contributed by atoms with E-state index in [9.17, 15) is 19.5 Å². The zero-order chi connectivity index (χ0) is 18.8. The number of urea groups is 1. The van der Waals surface area contributed by atoms with Gasteiger partial charge in [-0.15, -0.1) is 0 Å². The van der Waals surface area contributed by atoms with Crippen molar-refractivity contribution in [2.45, 2.75) is 5.54 Å². The molecule has 4 N–H and O–H groups in total. The molecule has 0 aliphatic carbocycles. The maximum Gasteiger partial charge on any atom is 0.328 e. The number of aliphatic hydroxyl groups is 1. The molecule has 0 spiro atoms. The standard InChI is InChI=1S/C17H22N4O5/c1-26-13-4-2-12(3-5-13)17(14(23)19-16(25)20-15(17)24)21(10-11-22)8-6-18-7-9-21/h2-5,18,22H,6-11H2,1H3,(H-,19,20,23,24,25)/p+1. The van der Waals surface area contributed by atoms with Gasteiger partial charge in [-0.2, -0.15) is 0 Å². The molecule has 9 heteroatoms. The van der Waals surface area contributed by atoms with Gasteiger partial charge in [-0.25, -0.2) is 4.79 Å². The third-order valence-corrected chi connectivity index (χ3v) is 5.29. The van der Waals surface area contributed by atoms with Gasteiger partial charge in [0.1, 0.15) is 12.3 Å². The number of nitrogens with zero attached hydrogens (tertiary/aromatic N) is 1. The Bertz CT molecular complexity index is 687. The minimum atomic E-state index is -1.66. The molecule has 0 aromatic heterocycles. The minimum absolute atomic E-state index is 0.0355. The summed E-state index contributed by atoms with van der Waals surface area (Å²) >= 11 is 0. The predicted octanol–water partition coefficient (Wildman–Crippen LogP) is -1.33. The Morgan fingerprint density at radius 1 is 1.08 bits per heavy atom. The number of imide groups is 2. The zero-order valence-corrected chi connectivity index (χ0v) is 14.6. The molecule has 9 nitrogen and oxygen atoms in total. The number of carbonyl (C=O) groups is 3. The van der Waals surface area contributed by atoms with E-state index in [1.807, 2.05) is 0 Å². The van der Waals surface area contributed by atoms with Crippen molar-refractivity contribution in [1.29, 1.82) is 0 Å². The molecular formula is C17H23N4O5+. The molecule has 2 fully saturated rings. The molecule has 26 heavy (non-hydrogen) atoms. The Labute approximate surface area is 150 Å². The van der Waals surface area contributed by atoms with Crippen molar-refractivity contribution in [3.8, 4) is 5.75 Å². The topological polar surface area (TPSA) is 117 Å². The second kappa shape index (κ2) is 7.02. The molecule has 0 bridgehead atoms. The number of hydrogen-bond donors (Lipinski definition) is 4. The number of ether oxygens (including phenoxy) is 1. The van der Waals surface area contributed by atoms with E-state index >= 15 is 0 Å². The molecule has 3 rings (SSSR count). The second-order valence-electron chi connectivity index (χ2n) is 6.47. The van der Waals surface area contributed by atoms with Crippen LogP contribution in [0.4, 0.5) is 4.79 Å². The van der Waals surface area contributed by atoms with Crippen molar-refractivity contribution in [2.24, 2.45) is 0 Å².